The summed E-state index contributed by atoms with van der Waals surface area (Å²) in [5, 5.41) is 3.27. The van der Waals surface area contributed by atoms with Crippen LogP contribution in [0.25, 0.3) is 0 Å². The van der Waals surface area contributed by atoms with Gasteiger partial charge >= 0.3 is 0 Å². The molecule has 4 N–H and O–H groups in total. The van der Waals surface area contributed by atoms with Gasteiger partial charge in [-0.3, -0.25) is 10.4 Å². The zero-order chi connectivity index (χ0) is 14.1. The molecule has 0 spiro atoms. The monoisotopic (exact) mass is 284 g/mol. The number of nitrogens with zero attached hydrogens (tertiary/aromatic N) is 1. The van der Waals surface area contributed by atoms with Gasteiger partial charge in [-0.1, -0.05) is 0 Å². The zero-order valence-electron chi connectivity index (χ0n) is 11.9. The maximum Gasteiger partial charge on any atom is 0.206 e. The molecule has 19 heavy (non-hydrogen) atoms. The number of rotatable bonds is 7. The van der Waals surface area contributed by atoms with E-state index in [0.717, 1.165) is 19.6 Å². The smallest absolute Gasteiger partial charge is 0.206 e. The molecule has 1 heterocycles. The maximum atomic E-state index is 5.47. The Hall–Kier alpha value is -1.11. The standard InChI is InChI=1S/C13H24N4OS/c1-4-18-9-5-8-15-13(17-14)16-11(3)12-7-6-10(2)19-12/h6-7,11H,4-5,8-9,14H2,1-3H3,(H2,15,16,17). The number of thiophene rings is 1. The number of ether oxygens (including phenoxy) is 1. The first-order valence-corrected chi connectivity index (χ1v) is 7.40. The summed E-state index contributed by atoms with van der Waals surface area (Å²) >= 11 is 1.78. The largest absolute Gasteiger partial charge is 0.382 e. The lowest BCUT2D eigenvalue weighted by Crippen LogP contribution is -2.42. The van der Waals surface area contributed by atoms with Gasteiger partial charge in [0.25, 0.3) is 0 Å². The predicted octanol–water partition coefficient (Wildman–Crippen LogP) is 1.95. The summed E-state index contributed by atoms with van der Waals surface area (Å²) in [7, 11) is 0. The summed E-state index contributed by atoms with van der Waals surface area (Å²) in [6.07, 6.45) is 0.896. The number of aryl methyl sites for hydroxylation is 1. The molecule has 1 atom stereocenters. The second kappa shape index (κ2) is 8.90. The Kier molecular flexibility index (Phi) is 7.47. The van der Waals surface area contributed by atoms with E-state index < -0.39 is 0 Å². The first kappa shape index (κ1) is 15.9. The van der Waals surface area contributed by atoms with Crippen LogP contribution in [-0.2, 0) is 4.74 Å². The van der Waals surface area contributed by atoms with E-state index in [1.165, 1.54) is 9.75 Å². The van der Waals surface area contributed by atoms with E-state index in [1.807, 2.05) is 6.92 Å². The van der Waals surface area contributed by atoms with E-state index in [0.29, 0.717) is 12.5 Å². The Labute approximate surface area is 119 Å². The first-order valence-electron chi connectivity index (χ1n) is 6.59. The van der Waals surface area contributed by atoms with Crippen LogP contribution in [0.4, 0.5) is 0 Å². The van der Waals surface area contributed by atoms with Crippen LogP contribution in [0.2, 0.25) is 0 Å². The van der Waals surface area contributed by atoms with Crippen LogP contribution in [0, 0.1) is 6.92 Å². The van der Waals surface area contributed by atoms with Gasteiger partial charge in [0.1, 0.15) is 0 Å². The van der Waals surface area contributed by atoms with Crippen molar-refractivity contribution in [3.8, 4) is 0 Å². The molecule has 0 fully saturated rings. The van der Waals surface area contributed by atoms with Crippen molar-refractivity contribution in [3.05, 3.63) is 21.9 Å². The summed E-state index contributed by atoms with van der Waals surface area (Å²) in [5.74, 6) is 6.09. The number of hydrogen-bond donors (Lipinski definition) is 3. The SMILES string of the molecule is CCOCCCN=C(NN)NC(C)c1ccc(C)s1. The topological polar surface area (TPSA) is 71.7 Å². The number of nitrogens with one attached hydrogen (secondary N) is 2. The average molecular weight is 284 g/mol. The predicted molar refractivity (Wildman–Crippen MR) is 81.3 cm³/mol. The van der Waals surface area contributed by atoms with Crippen LogP contribution in [0.1, 0.15) is 36.1 Å². The molecule has 0 saturated heterocycles. The van der Waals surface area contributed by atoms with Gasteiger partial charge in [0.05, 0.1) is 6.04 Å². The lowest BCUT2D eigenvalue weighted by Gasteiger charge is -2.15. The lowest BCUT2D eigenvalue weighted by molar-refractivity contribution is 0.146. The van der Waals surface area contributed by atoms with Crippen molar-refractivity contribution in [1.82, 2.24) is 10.7 Å². The third-order valence-corrected chi connectivity index (χ3v) is 3.78. The number of hydrogen-bond acceptors (Lipinski definition) is 4. The van der Waals surface area contributed by atoms with E-state index in [9.17, 15) is 0 Å². The summed E-state index contributed by atoms with van der Waals surface area (Å²) in [6.45, 7) is 8.37. The fourth-order valence-electron chi connectivity index (χ4n) is 1.60. The highest BCUT2D eigenvalue weighted by atomic mass is 32.1. The normalized spacial score (nSPS) is 13.4. The molecule has 0 amide bonds. The number of guanidine groups is 1. The Morgan fingerprint density at radius 3 is 2.89 bits per heavy atom. The molecule has 5 nitrogen and oxygen atoms in total. The fraction of sp³-hybridized carbons (Fsp3) is 0.615. The van der Waals surface area contributed by atoms with Gasteiger partial charge in [-0.2, -0.15) is 0 Å². The van der Waals surface area contributed by atoms with Gasteiger partial charge in [-0.25, -0.2) is 5.84 Å². The van der Waals surface area contributed by atoms with E-state index in [2.05, 4.69) is 41.7 Å². The van der Waals surface area contributed by atoms with Crippen molar-refractivity contribution >= 4 is 17.3 Å². The Bertz CT molecular complexity index is 392. The third kappa shape index (κ3) is 6.04. The minimum Gasteiger partial charge on any atom is -0.382 e. The molecule has 0 saturated carbocycles. The van der Waals surface area contributed by atoms with Gasteiger partial charge in [0, 0.05) is 29.5 Å². The fourth-order valence-corrected chi connectivity index (χ4v) is 2.48. The van der Waals surface area contributed by atoms with Crippen molar-refractivity contribution in [3.63, 3.8) is 0 Å². The molecule has 0 radical (unpaired) electrons. The summed E-state index contributed by atoms with van der Waals surface area (Å²) in [6, 6.07) is 4.44. The molecular weight excluding hydrogens is 260 g/mol. The Morgan fingerprint density at radius 1 is 1.53 bits per heavy atom. The molecule has 108 valence electrons. The van der Waals surface area contributed by atoms with Crippen LogP contribution in [-0.4, -0.2) is 25.7 Å². The molecule has 0 aliphatic carbocycles. The van der Waals surface area contributed by atoms with Gasteiger partial charge in [-0.15, -0.1) is 11.3 Å². The molecule has 0 aliphatic heterocycles. The number of nitrogens with two attached hydrogens (primary N) is 1. The molecule has 1 rings (SSSR count). The summed E-state index contributed by atoms with van der Waals surface area (Å²) in [5.41, 5.74) is 2.60. The van der Waals surface area contributed by atoms with Crippen molar-refractivity contribution in [2.45, 2.75) is 33.2 Å². The Morgan fingerprint density at radius 2 is 2.32 bits per heavy atom. The van der Waals surface area contributed by atoms with E-state index in [4.69, 9.17) is 10.6 Å². The second-order valence-electron chi connectivity index (χ2n) is 4.24. The lowest BCUT2D eigenvalue weighted by atomic mass is 10.3. The van der Waals surface area contributed by atoms with E-state index in [1.54, 1.807) is 11.3 Å². The third-order valence-electron chi connectivity index (χ3n) is 2.60. The van der Waals surface area contributed by atoms with Gasteiger partial charge in [-0.05, 0) is 39.3 Å². The molecule has 1 aromatic heterocycles. The quantitative estimate of drug-likeness (QED) is 0.235. The van der Waals surface area contributed by atoms with Crippen LogP contribution in [0.5, 0.6) is 0 Å². The molecular formula is C13H24N4OS. The molecule has 1 aromatic rings. The molecule has 0 bridgehead atoms. The highest BCUT2D eigenvalue weighted by molar-refractivity contribution is 7.12. The molecule has 6 heteroatoms. The van der Waals surface area contributed by atoms with Gasteiger partial charge in [0.2, 0.25) is 5.96 Å². The second-order valence-corrected chi connectivity index (χ2v) is 5.56. The van der Waals surface area contributed by atoms with Crippen molar-refractivity contribution in [2.75, 3.05) is 19.8 Å². The minimum atomic E-state index is 0.195. The van der Waals surface area contributed by atoms with Crippen molar-refractivity contribution < 1.29 is 4.74 Å². The van der Waals surface area contributed by atoms with E-state index in [-0.39, 0.29) is 6.04 Å². The summed E-state index contributed by atoms with van der Waals surface area (Å²) in [4.78, 5) is 6.96. The molecule has 1 unspecified atom stereocenters. The first-order chi connectivity index (χ1) is 9.17. The number of aliphatic imine (C=N–C) groups is 1. The maximum absolute atomic E-state index is 5.47. The highest BCUT2D eigenvalue weighted by Crippen LogP contribution is 2.21. The van der Waals surface area contributed by atoms with Crippen molar-refractivity contribution in [1.29, 1.82) is 0 Å². The molecule has 0 aliphatic rings. The van der Waals surface area contributed by atoms with Crippen LogP contribution < -0.4 is 16.6 Å². The van der Waals surface area contributed by atoms with Crippen molar-refractivity contribution in [2.24, 2.45) is 10.8 Å². The van der Waals surface area contributed by atoms with Crippen LogP contribution in [0.3, 0.4) is 0 Å². The number of hydrazine groups is 1. The van der Waals surface area contributed by atoms with Gasteiger partial charge in [0.15, 0.2) is 0 Å². The Balaban J connectivity index is 2.40. The summed E-state index contributed by atoms with van der Waals surface area (Å²) < 4.78 is 5.26. The highest BCUT2D eigenvalue weighted by Gasteiger charge is 2.08. The van der Waals surface area contributed by atoms with E-state index >= 15 is 0 Å². The average Bonchev–Trinajstić information content (AvgIpc) is 2.83. The molecule has 0 aromatic carbocycles. The zero-order valence-corrected chi connectivity index (χ0v) is 12.7. The minimum absolute atomic E-state index is 0.195. The van der Waals surface area contributed by atoms with Crippen LogP contribution in [0.15, 0.2) is 17.1 Å². The van der Waals surface area contributed by atoms with Crippen LogP contribution >= 0.6 is 11.3 Å². The van der Waals surface area contributed by atoms with Gasteiger partial charge < -0.3 is 10.1 Å².